The van der Waals surface area contributed by atoms with Gasteiger partial charge in [0.05, 0.1) is 12.7 Å². The summed E-state index contributed by atoms with van der Waals surface area (Å²) in [5.74, 6) is 0.674. The SMILES string of the molecule is CCn1ccnc1C(O)COC(C)C. The highest BCUT2D eigenvalue weighted by Gasteiger charge is 2.13. The number of ether oxygens (including phenoxy) is 1. The topological polar surface area (TPSA) is 47.3 Å². The Kier molecular flexibility index (Phi) is 4.10. The first-order chi connectivity index (χ1) is 6.65. The standard InChI is InChI=1S/C10H18N2O2/c1-4-12-6-5-11-10(12)9(13)7-14-8(2)3/h5-6,8-9,13H,4,7H2,1-3H3. The second kappa shape index (κ2) is 5.12. The monoisotopic (exact) mass is 198 g/mol. The van der Waals surface area contributed by atoms with Crippen LogP contribution in [0.4, 0.5) is 0 Å². The van der Waals surface area contributed by atoms with Crippen LogP contribution in [0.3, 0.4) is 0 Å². The van der Waals surface area contributed by atoms with Crippen LogP contribution in [0.15, 0.2) is 12.4 Å². The maximum absolute atomic E-state index is 9.76. The van der Waals surface area contributed by atoms with E-state index in [1.54, 1.807) is 6.20 Å². The number of aliphatic hydroxyl groups excluding tert-OH is 1. The fraction of sp³-hybridized carbons (Fsp3) is 0.700. The number of nitrogens with zero attached hydrogens (tertiary/aromatic N) is 2. The zero-order chi connectivity index (χ0) is 10.6. The first-order valence-electron chi connectivity index (χ1n) is 4.95. The minimum atomic E-state index is -0.632. The van der Waals surface area contributed by atoms with Gasteiger partial charge in [-0.1, -0.05) is 0 Å². The van der Waals surface area contributed by atoms with Crippen molar-refractivity contribution in [3.63, 3.8) is 0 Å². The van der Waals surface area contributed by atoms with Gasteiger partial charge in [-0.05, 0) is 20.8 Å². The lowest BCUT2D eigenvalue weighted by Gasteiger charge is -2.14. The summed E-state index contributed by atoms with van der Waals surface area (Å²) in [5.41, 5.74) is 0. The summed E-state index contributed by atoms with van der Waals surface area (Å²) in [5, 5.41) is 9.76. The summed E-state index contributed by atoms with van der Waals surface area (Å²) >= 11 is 0. The fourth-order valence-corrected chi connectivity index (χ4v) is 1.24. The molecule has 0 radical (unpaired) electrons. The van der Waals surface area contributed by atoms with E-state index in [-0.39, 0.29) is 6.10 Å². The van der Waals surface area contributed by atoms with E-state index in [9.17, 15) is 5.11 Å². The van der Waals surface area contributed by atoms with Crippen LogP contribution in [-0.2, 0) is 11.3 Å². The van der Waals surface area contributed by atoms with E-state index in [1.165, 1.54) is 0 Å². The Labute approximate surface area is 84.5 Å². The lowest BCUT2D eigenvalue weighted by atomic mass is 10.3. The average molecular weight is 198 g/mol. The van der Waals surface area contributed by atoms with E-state index < -0.39 is 6.10 Å². The molecular weight excluding hydrogens is 180 g/mol. The highest BCUT2D eigenvalue weighted by Crippen LogP contribution is 2.11. The molecule has 0 bridgehead atoms. The van der Waals surface area contributed by atoms with Gasteiger partial charge in [0.25, 0.3) is 0 Å². The molecule has 80 valence electrons. The summed E-state index contributed by atoms with van der Waals surface area (Å²) in [6.07, 6.45) is 3.05. The molecule has 1 rings (SSSR count). The second-order valence-corrected chi connectivity index (χ2v) is 3.47. The fourth-order valence-electron chi connectivity index (χ4n) is 1.24. The van der Waals surface area contributed by atoms with Gasteiger partial charge < -0.3 is 14.4 Å². The largest absolute Gasteiger partial charge is 0.383 e. The molecule has 1 N–H and O–H groups in total. The maximum Gasteiger partial charge on any atom is 0.140 e. The van der Waals surface area contributed by atoms with E-state index in [0.717, 1.165) is 6.54 Å². The molecule has 1 aromatic rings. The molecule has 0 aliphatic carbocycles. The third-order valence-electron chi connectivity index (χ3n) is 1.97. The van der Waals surface area contributed by atoms with Crippen LogP contribution in [0.25, 0.3) is 0 Å². The Morgan fingerprint density at radius 1 is 1.57 bits per heavy atom. The molecule has 1 aromatic heterocycles. The molecule has 0 aromatic carbocycles. The third kappa shape index (κ3) is 2.82. The minimum absolute atomic E-state index is 0.134. The molecule has 0 aliphatic rings. The van der Waals surface area contributed by atoms with Gasteiger partial charge in [0, 0.05) is 18.9 Å². The molecular formula is C10H18N2O2. The van der Waals surface area contributed by atoms with E-state index >= 15 is 0 Å². The van der Waals surface area contributed by atoms with Gasteiger partial charge >= 0.3 is 0 Å². The van der Waals surface area contributed by atoms with Gasteiger partial charge in [-0.2, -0.15) is 0 Å². The normalized spacial score (nSPS) is 13.5. The molecule has 0 amide bonds. The van der Waals surface area contributed by atoms with Crippen LogP contribution in [0, 0.1) is 0 Å². The highest BCUT2D eigenvalue weighted by atomic mass is 16.5. The van der Waals surface area contributed by atoms with Crippen molar-refractivity contribution in [1.29, 1.82) is 0 Å². The molecule has 0 saturated carbocycles. The zero-order valence-electron chi connectivity index (χ0n) is 8.97. The number of hydrogen-bond acceptors (Lipinski definition) is 3. The number of aliphatic hydroxyl groups is 1. The Hall–Kier alpha value is -0.870. The lowest BCUT2D eigenvalue weighted by molar-refractivity contribution is 0.000173. The highest BCUT2D eigenvalue weighted by molar-refractivity contribution is 4.96. The summed E-state index contributed by atoms with van der Waals surface area (Å²) in [4.78, 5) is 4.10. The average Bonchev–Trinajstić information content (AvgIpc) is 2.61. The predicted octanol–water partition coefficient (Wildman–Crippen LogP) is 1.36. The van der Waals surface area contributed by atoms with E-state index in [1.807, 2.05) is 31.5 Å². The van der Waals surface area contributed by atoms with Crippen LogP contribution < -0.4 is 0 Å². The van der Waals surface area contributed by atoms with Crippen molar-refractivity contribution in [2.45, 2.75) is 39.5 Å². The van der Waals surface area contributed by atoms with Gasteiger partial charge in [-0.25, -0.2) is 4.98 Å². The van der Waals surface area contributed by atoms with Crippen molar-refractivity contribution >= 4 is 0 Å². The molecule has 0 fully saturated rings. The maximum atomic E-state index is 9.76. The van der Waals surface area contributed by atoms with Gasteiger partial charge in [-0.15, -0.1) is 0 Å². The van der Waals surface area contributed by atoms with Gasteiger partial charge in [-0.3, -0.25) is 0 Å². The van der Waals surface area contributed by atoms with Crippen molar-refractivity contribution in [3.05, 3.63) is 18.2 Å². The van der Waals surface area contributed by atoms with E-state index in [2.05, 4.69) is 4.98 Å². The summed E-state index contributed by atoms with van der Waals surface area (Å²) in [7, 11) is 0. The summed E-state index contributed by atoms with van der Waals surface area (Å²) < 4.78 is 7.23. The minimum Gasteiger partial charge on any atom is -0.383 e. The van der Waals surface area contributed by atoms with Crippen molar-refractivity contribution in [2.75, 3.05) is 6.61 Å². The van der Waals surface area contributed by atoms with Crippen molar-refractivity contribution in [1.82, 2.24) is 9.55 Å². The van der Waals surface area contributed by atoms with Gasteiger partial charge in [0.1, 0.15) is 11.9 Å². The zero-order valence-corrected chi connectivity index (χ0v) is 8.97. The second-order valence-electron chi connectivity index (χ2n) is 3.47. The first kappa shape index (κ1) is 11.2. The van der Waals surface area contributed by atoms with Crippen LogP contribution in [0.2, 0.25) is 0 Å². The van der Waals surface area contributed by atoms with Crippen LogP contribution in [0.1, 0.15) is 32.7 Å². The molecule has 1 atom stereocenters. The first-order valence-corrected chi connectivity index (χ1v) is 4.95. The number of aryl methyl sites for hydroxylation is 1. The molecule has 1 unspecified atom stereocenters. The van der Waals surface area contributed by atoms with Crippen LogP contribution in [-0.4, -0.2) is 27.4 Å². The van der Waals surface area contributed by atoms with Crippen molar-refractivity contribution < 1.29 is 9.84 Å². The number of hydrogen-bond donors (Lipinski definition) is 1. The molecule has 0 saturated heterocycles. The number of aromatic nitrogens is 2. The Bertz CT molecular complexity index is 271. The number of rotatable bonds is 5. The molecule has 0 spiro atoms. The van der Waals surface area contributed by atoms with Crippen molar-refractivity contribution in [2.24, 2.45) is 0 Å². The Morgan fingerprint density at radius 2 is 2.29 bits per heavy atom. The van der Waals surface area contributed by atoms with E-state index in [4.69, 9.17) is 4.74 Å². The van der Waals surface area contributed by atoms with Crippen molar-refractivity contribution in [3.8, 4) is 0 Å². The van der Waals surface area contributed by atoms with Gasteiger partial charge in [0.2, 0.25) is 0 Å². The van der Waals surface area contributed by atoms with Crippen LogP contribution in [0.5, 0.6) is 0 Å². The Balaban J connectivity index is 2.55. The number of imidazole rings is 1. The predicted molar refractivity (Wildman–Crippen MR) is 53.9 cm³/mol. The quantitative estimate of drug-likeness (QED) is 0.777. The summed E-state index contributed by atoms with van der Waals surface area (Å²) in [6.45, 7) is 7.02. The molecule has 14 heavy (non-hydrogen) atoms. The third-order valence-corrected chi connectivity index (χ3v) is 1.97. The Morgan fingerprint density at radius 3 is 2.86 bits per heavy atom. The lowest BCUT2D eigenvalue weighted by Crippen LogP contribution is -2.15. The molecule has 1 heterocycles. The molecule has 4 heteroatoms. The molecule has 0 aliphatic heterocycles. The smallest absolute Gasteiger partial charge is 0.140 e. The van der Waals surface area contributed by atoms with E-state index in [0.29, 0.717) is 12.4 Å². The summed E-state index contributed by atoms with van der Waals surface area (Å²) in [6, 6.07) is 0. The molecule has 4 nitrogen and oxygen atoms in total. The van der Waals surface area contributed by atoms with Crippen LogP contribution >= 0.6 is 0 Å². The van der Waals surface area contributed by atoms with Gasteiger partial charge in [0.15, 0.2) is 0 Å².